The van der Waals surface area contributed by atoms with Gasteiger partial charge in [-0.2, -0.15) is 5.10 Å². The molecule has 0 saturated heterocycles. The lowest BCUT2D eigenvalue weighted by Crippen LogP contribution is -2.21. The second-order valence-electron chi connectivity index (χ2n) is 6.55. The molecule has 0 aliphatic rings. The van der Waals surface area contributed by atoms with Crippen molar-refractivity contribution in [3.63, 3.8) is 0 Å². The van der Waals surface area contributed by atoms with E-state index in [4.69, 9.17) is 4.74 Å². The zero-order valence-electron chi connectivity index (χ0n) is 16.5. The molecule has 3 rings (SSSR count). The summed E-state index contributed by atoms with van der Waals surface area (Å²) in [7, 11) is 0. The van der Waals surface area contributed by atoms with Crippen LogP contribution in [-0.2, 0) is 11.4 Å². The number of nitrogens with one attached hydrogen (secondary N) is 2. The van der Waals surface area contributed by atoms with Gasteiger partial charge in [-0.05, 0) is 48.9 Å². The fourth-order valence-electron chi connectivity index (χ4n) is 2.57. The number of rotatable bonds is 8. The van der Waals surface area contributed by atoms with Gasteiger partial charge in [-0.1, -0.05) is 30.3 Å². The summed E-state index contributed by atoms with van der Waals surface area (Å²) in [5.74, 6) is 0.129. The Morgan fingerprint density at radius 1 is 0.967 bits per heavy atom. The molecular weight excluding hydrogens is 380 g/mol. The summed E-state index contributed by atoms with van der Waals surface area (Å²) in [6.45, 7) is 2.15. The van der Waals surface area contributed by atoms with Gasteiger partial charge in [0.25, 0.3) is 5.91 Å². The highest BCUT2D eigenvalue weighted by atomic mass is 16.5. The minimum atomic E-state index is -0.358. The van der Waals surface area contributed by atoms with Crippen LogP contribution in [0.5, 0.6) is 5.75 Å². The lowest BCUT2D eigenvalue weighted by molar-refractivity contribution is -0.115. The molecular formula is C23H22N4O3. The number of nitrogens with zero attached hydrogens (tertiary/aromatic N) is 2. The van der Waals surface area contributed by atoms with Gasteiger partial charge < -0.3 is 10.1 Å². The van der Waals surface area contributed by atoms with Gasteiger partial charge in [-0.15, -0.1) is 0 Å². The number of aromatic nitrogens is 1. The fraction of sp³-hybridized carbons (Fsp3) is 0.130. The van der Waals surface area contributed by atoms with E-state index in [0.29, 0.717) is 29.3 Å². The van der Waals surface area contributed by atoms with Gasteiger partial charge in [-0.25, -0.2) is 5.43 Å². The number of ether oxygens (including phenoxy) is 1. The van der Waals surface area contributed by atoms with E-state index >= 15 is 0 Å². The highest BCUT2D eigenvalue weighted by Gasteiger charge is 2.07. The van der Waals surface area contributed by atoms with E-state index in [1.165, 1.54) is 12.4 Å². The van der Waals surface area contributed by atoms with E-state index in [1.54, 1.807) is 43.3 Å². The predicted molar refractivity (Wildman–Crippen MR) is 115 cm³/mol. The summed E-state index contributed by atoms with van der Waals surface area (Å²) in [6.07, 6.45) is 3.11. The van der Waals surface area contributed by atoms with E-state index < -0.39 is 0 Å². The van der Waals surface area contributed by atoms with Crippen molar-refractivity contribution in [1.29, 1.82) is 0 Å². The van der Waals surface area contributed by atoms with Gasteiger partial charge in [0.2, 0.25) is 5.91 Å². The van der Waals surface area contributed by atoms with Gasteiger partial charge in [0.15, 0.2) is 0 Å². The van der Waals surface area contributed by atoms with Crippen molar-refractivity contribution in [3.05, 3.63) is 90.3 Å². The van der Waals surface area contributed by atoms with Crippen molar-refractivity contribution < 1.29 is 14.3 Å². The molecule has 1 aromatic heterocycles. The normalized spacial score (nSPS) is 10.9. The van der Waals surface area contributed by atoms with E-state index in [2.05, 4.69) is 20.8 Å². The first-order chi connectivity index (χ1) is 14.6. The average molecular weight is 402 g/mol. The van der Waals surface area contributed by atoms with Gasteiger partial charge in [0.05, 0.1) is 6.42 Å². The molecule has 2 amide bonds. The van der Waals surface area contributed by atoms with Crippen molar-refractivity contribution >= 4 is 23.2 Å². The van der Waals surface area contributed by atoms with E-state index in [9.17, 15) is 9.59 Å². The molecule has 0 saturated carbocycles. The summed E-state index contributed by atoms with van der Waals surface area (Å²) < 4.78 is 5.73. The summed E-state index contributed by atoms with van der Waals surface area (Å²) in [5, 5.41) is 6.76. The van der Waals surface area contributed by atoms with Crippen molar-refractivity contribution in [2.75, 3.05) is 5.32 Å². The van der Waals surface area contributed by atoms with Crippen molar-refractivity contribution in [3.8, 4) is 5.75 Å². The van der Waals surface area contributed by atoms with Crippen LogP contribution in [0.3, 0.4) is 0 Å². The maximum absolute atomic E-state index is 12.2. The molecule has 2 N–H and O–H groups in total. The third-order valence-electron chi connectivity index (χ3n) is 4.09. The second-order valence-corrected chi connectivity index (χ2v) is 6.55. The molecule has 0 bridgehead atoms. The van der Waals surface area contributed by atoms with E-state index in [-0.39, 0.29) is 18.2 Å². The first-order valence-corrected chi connectivity index (χ1v) is 9.40. The van der Waals surface area contributed by atoms with Gasteiger partial charge in [0, 0.05) is 29.4 Å². The monoisotopic (exact) mass is 402 g/mol. The molecule has 30 heavy (non-hydrogen) atoms. The number of anilines is 1. The Labute approximate surface area is 174 Å². The maximum atomic E-state index is 12.2. The van der Waals surface area contributed by atoms with Crippen molar-refractivity contribution in [1.82, 2.24) is 10.4 Å². The molecule has 0 atom stereocenters. The largest absolute Gasteiger partial charge is 0.489 e. The quantitative estimate of drug-likeness (QED) is 0.443. The molecule has 3 aromatic rings. The van der Waals surface area contributed by atoms with E-state index in [0.717, 1.165) is 5.56 Å². The minimum Gasteiger partial charge on any atom is -0.489 e. The Kier molecular flexibility index (Phi) is 7.27. The smallest absolute Gasteiger partial charge is 0.271 e. The predicted octanol–water partition coefficient (Wildman–Crippen LogP) is 3.80. The molecule has 2 aromatic carbocycles. The molecule has 7 nitrogen and oxygen atoms in total. The molecule has 0 unspecified atom stereocenters. The van der Waals surface area contributed by atoms with Gasteiger partial charge >= 0.3 is 0 Å². The van der Waals surface area contributed by atoms with Crippen LogP contribution in [0.4, 0.5) is 5.69 Å². The number of carbonyl (C=O) groups excluding carboxylic acids is 2. The standard InChI is InChI=1S/C23H22N4O3/c1-17(26-27-23(29)19-11-13-24-14-12-19)15-22(28)25-20-7-9-21(10-8-20)30-16-18-5-3-2-4-6-18/h2-14H,15-16H2,1H3,(H,25,28)(H,27,29)/b26-17+. The number of pyridine rings is 1. The van der Waals surface area contributed by atoms with Crippen molar-refractivity contribution in [2.45, 2.75) is 20.0 Å². The number of benzene rings is 2. The Hall–Kier alpha value is -4.00. The third-order valence-corrected chi connectivity index (χ3v) is 4.09. The van der Waals surface area contributed by atoms with Crippen LogP contribution in [0.1, 0.15) is 29.3 Å². The first-order valence-electron chi connectivity index (χ1n) is 9.40. The highest BCUT2D eigenvalue weighted by molar-refractivity contribution is 6.06. The Morgan fingerprint density at radius 3 is 2.37 bits per heavy atom. The SMILES string of the molecule is C/C(CC(=O)Nc1ccc(OCc2ccccc2)cc1)=N\NC(=O)c1ccncc1. The van der Waals surface area contributed by atoms with Crippen LogP contribution < -0.4 is 15.5 Å². The van der Waals surface area contributed by atoms with E-state index in [1.807, 2.05) is 30.3 Å². The van der Waals surface area contributed by atoms with Crippen LogP contribution in [-0.4, -0.2) is 22.5 Å². The van der Waals surface area contributed by atoms with Crippen LogP contribution in [0, 0.1) is 0 Å². The van der Waals surface area contributed by atoms with Crippen molar-refractivity contribution in [2.24, 2.45) is 5.10 Å². The number of carbonyl (C=O) groups is 2. The molecule has 152 valence electrons. The van der Waals surface area contributed by atoms with Gasteiger partial charge in [0.1, 0.15) is 12.4 Å². The van der Waals surface area contributed by atoms with Gasteiger partial charge in [-0.3, -0.25) is 14.6 Å². The third kappa shape index (κ3) is 6.56. The Bertz CT molecular complexity index is 1000. The second kappa shape index (κ2) is 10.5. The number of hydrogen-bond donors (Lipinski definition) is 2. The highest BCUT2D eigenvalue weighted by Crippen LogP contribution is 2.17. The summed E-state index contributed by atoms with van der Waals surface area (Å²) in [4.78, 5) is 28.0. The van der Waals surface area contributed by atoms with Crippen LogP contribution in [0.25, 0.3) is 0 Å². The molecule has 0 aliphatic carbocycles. The van der Waals surface area contributed by atoms with Crippen LogP contribution >= 0.6 is 0 Å². The maximum Gasteiger partial charge on any atom is 0.271 e. The number of hydrazone groups is 1. The lowest BCUT2D eigenvalue weighted by Gasteiger charge is -2.09. The molecule has 1 heterocycles. The average Bonchev–Trinajstić information content (AvgIpc) is 2.78. The first kappa shape index (κ1) is 20.7. The molecule has 0 fully saturated rings. The molecule has 0 spiro atoms. The molecule has 0 aliphatic heterocycles. The summed E-state index contributed by atoms with van der Waals surface area (Å²) in [6, 6.07) is 20.2. The van der Waals surface area contributed by atoms with Crippen LogP contribution in [0.2, 0.25) is 0 Å². The van der Waals surface area contributed by atoms with Crippen LogP contribution in [0.15, 0.2) is 84.2 Å². The zero-order chi connectivity index (χ0) is 21.2. The number of amides is 2. The zero-order valence-corrected chi connectivity index (χ0v) is 16.5. The number of hydrogen-bond acceptors (Lipinski definition) is 5. The summed E-state index contributed by atoms with van der Waals surface area (Å²) in [5.41, 5.74) is 5.09. The Morgan fingerprint density at radius 2 is 1.67 bits per heavy atom. The fourth-order valence-corrected chi connectivity index (χ4v) is 2.57. The lowest BCUT2D eigenvalue weighted by atomic mass is 10.2. The molecule has 7 heteroatoms. The topological polar surface area (TPSA) is 92.7 Å². The molecule has 0 radical (unpaired) electrons. The Balaban J connectivity index is 1.45. The summed E-state index contributed by atoms with van der Waals surface area (Å²) >= 11 is 0. The minimum absolute atomic E-state index is 0.0584.